The van der Waals surface area contributed by atoms with Gasteiger partial charge in [-0.15, -0.1) is 0 Å². The van der Waals surface area contributed by atoms with Crippen LogP contribution >= 0.6 is 0 Å². The topological polar surface area (TPSA) is 51.7 Å². The number of nitrogens with zero attached hydrogens (tertiary/aromatic N) is 2. The van der Waals surface area contributed by atoms with E-state index in [1.165, 1.54) is 0 Å². The number of esters is 1. The third kappa shape index (κ3) is 4.61. The van der Waals surface area contributed by atoms with Crippen molar-refractivity contribution < 1.29 is 14.3 Å². The number of hydrogen-bond acceptors (Lipinski definition) is 5. The molecule has 1 saturated heterocycles. The molecule has 0 aliphatic carbocycles. The van der Waals surface area contributed by atoms with Crippen molar-refractivity contribution in [1.82, 2.24) is 9.88 Å². The maximum absolute atomic E-state index is 11.3. The van der Waals surface area contributed by atoms with Crippen molar-refractivity contribution in [3.8, 4) is 0 Å². The van der Waals surface area contributed by atoms with Crippen LogP contribution in [0.3, 0.4) is 0 Å². The first-order chi connectivity index (χ1) is 9.28. The van der Waals surface area contributed by atoms with Gasteiger partial charge in [-0.2, -0.15) is 0 Å². The van der Waals surface area contributed by atoms with Gasteiger partial charge in [0.25, 0.3) is 0 Å². The van der Waals surface area contributed by atoms with E-state index >= 15 is 0 Å². The van der Waals surface area contributed by atoms with Crippen LogP contribution in [0.15, 0.2) is 18.3 Å². The maximum Gasteiger partial charge on any atom is 0.311 e. The smallest absolute Gasteiger partial charge is 0.311 e. The predicted molar refractivity (Wildman–Crippen MR) is 70.7 cm³/mol. The molecule has 0 bridgehead atoms. The van der Waals surface area contributed by atoms with Gasteiger partial charge in [-0.25, -0.2) is 0 Å². The maximum atomic E-state index is 11.3. The van der Waals surface area contributed by atoms with E-state index < -0.39 is 0 Å². The summed E-state index contributed by atoms with van der Waals surface area (Å²) in [7, 11) is 0. The number of hydrogen-bond donors (Lipinski definition) is 0. The van der Waals surface area contributed by atoms with Crippen LogP contribution in [-0.2, 0) is 27.2 Å². The molecule has 2 heterocycles. The summed E-state index contributed by atoms with van der Waals surface area (Å²) in [6.45, 7) is 6.62. The molecule has 0 atom stereocenters. The van der Waals surface area contributed by atoms with Crippen LogP contribution in [-0.4, -0.2) is 48.8 Å². The minimum atomic E-state index is -0.226. The average molecular weight is 264 g/mol. The second-order valence-electron chi connectivity index (χ2n) is 4.53. The van der Waals surface area contributed by atoms with Crippen LogP contribution in [0.2, 0.25) is 0 Å². The number of aromatic nitrogens is 1. The summed E-state index contributed by atoms with van der Waals surface area (Å²) in [5, 5.41) is 0. The standard InChI is InChI=1S/C14H20N2O3/c1-2-19-14(17)9-13-4-3-12(10-15-13)11-16-5-7-18-8-6-16/h3-4,10H,2,5-9,11H2,1H3. The van der Waals surface area contributed by atoms with E-state index in [1.807, 2.05) is 18.3 Å². The van der Waals surface area contributed by atoms with Gasteiger partial charge in [0.15, 0.2) is 0 Å². The molecule has 0 unspecified atom stereocenters. The Bertz CT molecular complexity index is 400. The fourth-order valence-electron chi connectivity index (χ4n) is 2.03. The Morgan fingerprint density at radius 2 is 2.21 bits per heavy atom. The quantitative estimate of drug-likeness (QED) is 0.743. The lowest BCUT2D eigenvalue weighted by atomic mass is 10.2. The zero-order valence-electron chi connectivity index (χ0n) is 11.3. The lowest BCUT2D eigenvalue weighted by Gasteiger charge is -2.26. The minimum absolute atomic E-state index is 0.226. The van der Waals surface area contributed by atoms with Crippen molar-refractivity contribution in [1.29, 1.82) is 0 Å². The molecule has 0 spiro atoms. The molecule has 5 heteroatoms. The third-order valence-electron chi connectivity index (χ3n) is 3.03. The van der Waals surface area contributed by atoms with Crippen LogP contribution in [0.5, 0.6) is 0 Å². The van der Waals surface area contributed by atoms with Crippen LogP contribution < -0.4 is 0 Å². The average Bonchev–Trinajstić information content (AvgIpc) is 2.42. The molecule has 1 aromatic heterocycles. The summed E-state index contributed by atoms with van der Waals surface area (Å²) in [6, 6.07) is 3.92. The third-order valence-corrected chi connectivity index (χ3v) is 3.03. The van der Waals surface area contributed by atoms with Crippen LogP contribution in [0, 0.1) is 0 Å². The second kappa shape index (κ2) is 7.21. The Hall–Kier alpha value is -1.46. The van der Waals surface area contributed by atoms with Gasteiger partial charge in [-0.1, -0.05) is 6.07 Å². The first-order valence-electron chi connectivity index (χ1n) is 6.67. The largest absolute Gasteiger partial charge is 0.466 e. The summed E-state index contributed by atoms with van der Waals surface area (Å²) in [6.07, 6.45) is 2.08. The van der Waals surface area contributed by atoms with Crippen molar-refractivity contribution in [2.24, 2.45) is 0 Å². The highest BCUT2D eigenvalue weighted by atomic mass is 16.5. The summed E-state index contributed by atoms with van der Waals surface area (Å²) in [5.74, 6) is -0.226. The predicted octanol–water partition coefficient (Wildman–Crippen LogP) is 1.02. The lowest BCUT2D eigenvalue weighted by Crippen LogP contribution is -2.35. The molecule has 0 saturated carbocycles. The highest BCUT2D eigenvalue weighted by Crippen LogP contribution is 2.07. The molecule has 0 amide bonds. The highest BCUT2D eigenvalue weighted by molar-refractivity contribution is 5.71. The SMILES string of the molecule is CCOC(=O)Cc1ccc(CN2CCOCC2)cn1. The van der Waals surface area contributed by atoms with Gasteiger partial charge < -0.3 is 9.47 Å². The molecule has 104 valence electrons. The summed E-state index contributed by atoms with van der Waals surface area (Å²) in [4.78, 5) is 18.0. The highest BCUT2D eigenvalue weighted by Gasteiger charge is 2.11. The first-order valence-corrected chi connectivity index (χ1v) is 6.67. The molecular weight excluding hydrogens is 244 g/mol. The van der Waals surface area contributed by atoms with E-state index in [0.717, 1.165) is 44.1 Å². The summed E-state index contributed by atoms with van der Waals surface area (Å²) >= 11 is 0. The summed E-state index contributed by atoms with van der Waals surface area (Å²) in [5.41, 5.74) is 1.92. The molecule has 2 rings (SSSR count). The van der Waals surface area contributed by atoms with Crippen LogP contribution in [0.4, 0.5) is 0 Å². The molecule has 0 N–H and O–H groups in total. The molecule has 1 aliphatic heterocycles. The normalized spacial score (nSPS) is 16.3. The monoisotopic (exact) mass is 264 g/mol. The molecule has 0 aromatic carbocycles. The van der Waals surface area contributed by atoms with Gasteiger partial charge in [-0.3, -0.25) is 14.7 Å². The van der Waals surface area contributed by atoms with Crippen molar-refractivity contribution in [3.05, 3.63) is 29.6 Å². The van der Waals surface area contributed by atoms with E-state index in [2.05, 4.69) is 9.88 Å². The number of rotatable bonds is 5. The van der Waals surface area contributed by atoms with Crippen molar-refractivity contribution in [2.75, 3.05) is 32.9 Å². The number of carbonyl (C=O) groups excluding carboxylic acids is 1. The Morgan fingerprint density at radius 1 is 1.42 bits per heavy atom. The molecule has 1 aliphatic rings. The fourth-order valence-corrected chi connectivity index (χ4v) is 2.03. The number of carbonyl (C=O) groups is 1. The molecule has 1 fully saturated rings. The lowest BCUT2D eigenvalue weighted by molar-refractivity contribution is -0.142. The molecule has 1 aromatic rings. The van der Waals surface area contributed by atoms with Gasteiger partial charge in [0.2, 0.25) is 0 Å². The number of ether oxygens (including phenoxy) is 2. The van der Waals surface area contributed by atoms with Crippen molar-refractivity contribution >= 4 is 5.97 Å². The Kier molecular flexibility index (Phi) is 5.30. The Morgan fingerprint density at radius 3 is 2.84 bits per heavy atom. The van der Waals surface area contributed by atoms with Crippen molar-refractivity contribution in [2.45, 2.75) is 19.9 Å². The van der Waals surface area contributed by atoms with E-state index in [-0.39, 0.29) is 12.4 Å². The van der Waals surface area contributed by atoms with E-state index in [0.29, 0.717) is 6.61 Å². The fraction of sp³-hybridized carbons (Fsp3) is 0.571. The zero-order chi connectivity index (χ0) is 13.5. The Labute approximate surface area is 113 Å². The van der Waals surface area contributed by atoms with E-state index in [4.69, 9.17) is 9.47 Å². The second-order valence-corrected chi connectivity index (χ2v) is 4.53. The van der Waals surface area contributed by atoms with Crippen LogP contribution in [0.1, 0.15) is 18.2 Å². The molecule has 5 nitrogen and oxygen atoms in total. The molecule has 19 heavy (non-hydrogen) atoms. The van der Waals surface area contributed by atoms with E-state index in [9.17, 15) is 4.79 Å². The zero-order valence-corrected chi connectivity index (χ0v) is 11.3. The molecule has 0 radical (unpaired) electrons. The first kappa shape index (κ1) is 14.0. The van der Waals surface area contributed by atoms with E-state index in [1.54, 1.807) is 6.92 Å². The number of pyridine rings is 1. The van der Waals surface area contributed by atoms with Crippen LogP contribution in [0.25, 0.3) is 0 Å². The van der Waals surface area contributed by atoms with Crippen molar-refractivity contribution in [3.63, 3.8) is 0 Å². The van der Waals surface area contributed by atoms with Gasteiger partial charge in [0.1, 0.15) is 0 Å². The number of morpholine rings is 1. The minimum Gasteiger partial charge on any atom is -0.466 e. The van der Waals surface area contributed by atoms with Gasteiger partial charge in [0.05, 0.1) is 31.9 Å². The van der Waals surface area contributed by atoms with Gasteiger partial charge in [-0.05, 0) is 18.6 Å². The summed E-state index contributed by atoms with van der Waals surface area (Å²) < 4.78 is 10.2. The van der Waals surface area contributed by atoms with Gasteiger partial charge >= 0.3 is 5.97 Å². The van der Waals surface area contributed by atoms with Gasteiger partial charge in [0, 0.05) is 25.8 Å². The Balaban J connectivity index is 1.85. The molecular formula is C14H20N2O3.